The Labute approximate surface area is 236 Å². The van der Waals surface area contributed by atoms with Gasteiger partial charge in [0.1, 0.15) is 18.1 Å². The molecular formula is C33H25ClN2O4. The zero-order valence-corrected chi connectivity index (χ0v) is 22.4. The predicted octanol–water partition coefficient (Wildman–Crippen LogP) is 7.36. The highest BCUT2D eigenvalue weighted by Gasteiger charge is 2.15. The first kappa shape index (κ1) is 26.7. The van der Waals surface area contributed by atoms with Crippen molar-refractivity contribution in [2.45, 2.75) is 13.5 Å². The number of fused-ring (bicyclic) bond motifs is 1. The van der Waals surface area contributed by atoms with Crippen LogP contribution in [-0.2, 0) is 6.61 Å². The largest absolute Gasteiger partial charge is 0.488 e. The molecule has 0 aliphatic carbocycles. The van der Waals surface area contributed by atoms with Crippen LogP contribution in [0.5, 0.6) is 11.5 Å². The number of aryl methyl sites for hydroxylation is 1. The minimum atomic E-state index is -0.485. The third kappa shape index (κ3) is 6.37. The summed E-state index contributed by atoms with van der Waals surface area (Å²) >= 11 is 5.96. The third-order valence-corrected chi connectivity index (χ3v) is 6.47. The number of hydrogen-bond donors (Lipinski definition) is 1. The Kier molecular flexibility index (Phi) is 8.18. The molecule has 0 radical (unpaired) electrons. The number of hydrogen-bond acceptors (Lipinski definition) is 5. The van der Waals surface area contributed by atoms with Crippen molar-refractivity contribution >= 4 is 40.5 Å². The van der Waals surface area contributed by atoms with Crippen molar-refractivity contribution in [2.24, 2.45) is 5.10 Å². The molecule has 0 unspecified atom stereocenters. The standard InChI is InChI=1S/C33H25ClN2O4/c1-22-10-14-25(15-11-22)33(38)40-31-19-16-24-6-2-3-7-27(24)29(31)20-35-36-32(37)28-8-4-5-9-30(28)39-21-23-12-17-26(34)18-13-23/h2-20H,21H2,1H3,(H,36,37). The van der Waals surface area contributed by atoms with E-state index in [1.165, 1.54) is 6.21 Å². The number of nitrogens with one attached hydrogen (secondary N) is 1. The lowest BCUT2D eigenvalue weighted by Crippen LogP contribution is -2.19. The van der Waals surface area contributed by atoms with Crippen molar-refractivity contribution in [3.8, 4) is 11.5 Å². The monoisotopic (exact) mass is 548 g/mol. The molecular weight excluding hydrogens is 524 g/mol. The zero-order chi connectivity index (χ0) is 27.9. The summed E-state index contributed by atoms with van der Waals surface area (Å²) in [5, 5.41) is 6.60. The molecule has 5 rings (SSSR count). The Bertz CT molecular complexity index is 1700. The van der Waals surface area contributed by atoms with Crippen LogP contribution in [0.2, 0.25) is 5.02 Å². The Balaban J connectivity index is 1.35. The summed E-state index contributed by atoms with van der Waals surface area (Å²) in [6.07, 6.45) is 1.48. The second kappa shape index (κ2) is 12.3. The van der Waals surface area contributed by atoms with Crippen LogP contribution in [0.3, 0.4) is 0 Å². The summed E-state index contributed by atoms with van der Waals surface area (Å²) < 4.78 is 11.7. The number of nitrogens with zero attached hydrogens (tertiary/aromatic N) is 1. The van der Waals surface area contributed by atoms with E-state index in [1.807, 2.05) is 61.5 Å². The van der Waals surface area contributed by atoms with E-state index in [0.29, 0.717) is 33.2 Å². The molecule has 0 atom stereocenters. The molecule has 1 amide bonds. The van der Waals surface area contributed by atoms with Crippen LogP contribution in [0.4, 0.5) is 0 Å². The molecule has 0 heterocycles. The number of halogens is 1. The van der Waals surface area contributed by atoms with Crippen molar-refractivity contribution in [3.63, 3.8) is 0 Å². The zero-order valence-electron chi connectivity index (χ0n) is 21.6. The van der Waals surface area contributed by atoms with Crippen molar-refractivity contribution in [2.75, 3.05) is 0 Å². The van der Waals surface area contributed by atoms with E-state index in [2.05, 4.69) is 10.5 Å². The summed E-state index contributed by atoms with van der Waals surface area (Å²) in [6.45, 7) is 2.22. The predicted molar refractivity (Wildman–Crippen MR) is 157 cm³/mol. The molecule has 198 valence electrons. The first-order valence-corrected chi connectivity index (χ1v) is 13.0. The van der Waals surface area contributed by atoms with E-state index < -0.39 is 11.9 Å². The normalized spacial score (nSPS) is 10.9. The van der Waals surface area contributed by atoms with E-state index in [9.17, 15) is 9.59 Å². The van der Waals surface area contributed by atoms with Crippen molar-refractivity contribution in [1.29, 1.82) is 0 Å². The van der Waals surface area contributed by atoms with Crippen LogP contribution in [0.25, 0.3) is 10.8 Å². The summed E-state index contributed by atoms with van der Waals surface area (Å²) in [5.74, 6) is -0.181. The smallest absolute Gasteiger partial charge is 0.343 e. The Morgan fingerprint density at radius 3 is 2.35 bits per heavy atom. The molecule has 0 spiro atoms. The molecule has 0 aromatic heterocycles. The highest BCUT2D eigenvalue weighted by Crippen LogP contribution is 2.28. The SMILES string of the molecule is Cc1ccc(C(=O)Oc2ccc3ccccc3c2C=NNC(=O)c2ccccc2OCc2ccc(Cl)cc2)cc1. The second-order valence-corrected chi connectivity index (χ2v) is 9.50. The van der Waals surface area contributed by atoms with Crippen molar-refractivity contribution in [1.82, 2.24) is 5.43 Å². The van der Waals surface area contributed by atoms with Crippen molar-refractivity contribution in [3.05, 3.63) is 142 Å². The summed E-state index contributed by atoms with van der Waals surface area (Å²) in [4.78, 5) is 25.9. The lowest BCUT2D eigenvalue weighted by molar-refractivity contribution is 0.0734. The molecule has 0 saturated carbocycles. The topological polar surface area (TPSA) is 77.0 Å². The van der Waals surface area contributed by atoms with E-state index in [-0.39, 0.29) is 6.61 Å². The fourth-order valence-electron chi connectivity index (χ4n) is 4.08. The maximum atomic E-state index is 13.0. The minimum absolute atomic E-state index is 0.274. The average molecular weight is 549 g/mol. The van der Waals surface area contributed by atoms with E-state index in [1.54, 1.807) is 54.6 Å². The van der Waals surface area contributed by atoms with Gasteiger partial charge in [-0.05, 0) is 65.7 Å². The number of esters is 1. The van der Waals surface area contributed by atoms with Crippen LogP contribution >= 0.6 is 11.6 Å². The van der Waals surface area contributed by atoms with Gasteiger partial charge in [-0.1, -0.05) is 83.9 Å². The number of hydrazone groups is 1. The van der Waals surface area contributed by atoms with Crippen LogP contribution in [0.15, 0.2) is 114 Å². The molecule has 0 aliphatic rings. The lowest BCUT2D eigenvalue weighted by Gasteiger charge is -2.12. The van der Waals surface area contributed by atoms with Gasteiger partial charge in [0, 0.05) is 10.6 Å². The van der Waals surface area contributed by atoms with Crippen LogP contribution in [0, 0.1) is 6.92 Å². The highest BCUT2D eigenvalue weighted by atomic mass is 35.5. The van der Waals surface area contributed by atoms with Gasteiger partial charge in [0.2, 0.25) is 0 Å². The first-order valence-electron chi connectivity index (χ1n) is 12.6. The van der Waals surface area contributed by atoms with Gasteiger partial charge in [0.05, 0.1) is 17.3 Å². The van der Waals surface area contributed by atoms with Gasteiger partial charge in [0.25, 0.3) is 5.91 Å². The second-order valence-electron chi connectivity index (χ2n) is 9.06. The van der Waals surface area contributed by atoms with Gasteiger partial charge < -0.3 is 9.47 Å². The number of ether oxygens (including phenoxy) is 2. The number of benzene rings is 5. The van der Waals surface area contributed by atoms with Gasteiger partial charge in [-0.2, -0.15) is 5.10 Å². The molecule has 5 aromatic carbocycles. The quantitative estimate of drug-likeness (QED) is 0.0950. The molecule has 1 N–H and O–H groups in total. The first-order chi connectivity index (χ1) is 19.5. The molecule has 7 heteroatoms. The van der Waals surface area contributed by atoms with Crippen LogP contribution in [0.1, 0.15) is 37.4 Å². The lowest BCUT2D eigenvalue weighted by atomic mass is 10.0. The van der Waals surface area contributed by atoms with Gasteiger partial charge in [0.15, 0.2) is 0 Å². The van der Waals surface area contributed by atoms with Gasteiger partial charge >= 0.3 is 5.97 Å². The number of carbonyl (C=O) groups excluding carboxylic acids is 2. The van der Waals surface area contributed by atoms with E-state index in [0.717, 1.165) is 21.9 Å². The van der Waals surface area contributed by atoms with E-state index in [4.69, 9.17) is 21.1 Å². The average Bonchev–Trinajstić information content (AvgIpc) is 2.98. The molecule has 5 aromatic rings. The number of carbonyl (C=O) groups is 2. The van der Waals surface area contributed by atoms with E-state index >= 15 is 0 Å². The van der Waals surface area contributed by atoms with Gasteiger partial charge in [-0.15, -0.1) is 0 Å². The Hall–Kier alpha value is -4.94. The fraction of sp³-hybridized carbons (Fsp3) is 0.0606. The third-order valence-electron chi connectivity index (χ3n) is 6.22. The number of amides is 1. The maximum Gasteiger partial charge on any atom is 0.343 e. The Morgan fingerprint density at radius 2 is 1.55 bits per heavy atom. The highest BCUT2D eigenvalue weighted by molar-refractivity contribution is 6.30. The van der Waals surface area contributed by atoms with Gasteiger partial charge in [-0.25, -0.2) is 10.2 Å². The number of rotatable bonds is 8. The molecule has 0 bridgehead atoms. The maximum absolute atomic E-state index is 13.0. The molecule has 0 aliphatic heterocycles. The van der Waals surface area contributed by atoms with Crippen molar-refractivity contribution < 1.29 is 19.1 Å². The molecule has 0 saturated heterocycles. The van der Waals surface area contributed by atoms with Crippen LogP contribution < -0.4 is 14.9 Å². The van der Waals surface area contributed by atoms with Gasteiger partial charge in [-0.3, -0.25) is 4.79 Å². The summed E-state index contributed by atoms with van der Waals surface area (Å²) in [5.41, 5.74) is 5.86. The fourth-order valence-corrected chi connectivity index (χ4v) is 4.21. The number of para-hydroxylation sites is 1. The summed E-state index contributed by atoms with van der Waals surface area (Å²) in [6, 6.07) is 32.6. The molecule has 40 heavy (non-hydrogen) atoms. The molecule has 0 fully saturated rings. The van der Waals surface area contributed by atoms with Crippen LogP contribution in [-0.4, -0.2) is 18.1 Å². The Morgan fingerprint density at radius 1 is 0.825 bits per heavy atom. The summed E-state index contributed by atoms with van der Waals surface area (Å²) in [7, 11) is 0. The minimum Gasteiger partial charge on any atom is -0.488 e. The molecule has 6 nitrogen and oxygen atoms in total.